The third kappa shape index (κ3) is 4.00. The number of alkyl halides is 3. The van der Waals surface area contributed by atoms with E-state index in [9.17, 15) is 18.0 Å². The summed E-state index contributed by atoms with van der Waals surface area (Å²) in [5, 5.41) is 13.9. The predicted molar refractivity (Wildman–Crippen MR) is 51.6 cm³/mol. The molecule has 9 heteroatoms. The number of carbonyl (C=O) groups excluding carboxylic acids is 1. The van der Waals surface area contributed by atoms with Crippen LogP contribution in [0.15, 0.2) is 10.6 Å². The zero-order valence-electron chi connectivity index (χ0n) is 9.32. The molecular formula is C9H11F3N2O4. The first-order chi connectivity index (χ1) is 8.34. The van der Waals surface area contributed by atoms with Crippen molar-refractivity contribution in [2.75, 3.05) is 13.7 Å². The molecule has 1 atom stereocenters. The summed E-state index contributed by atoms with van der Waals surface area (Å²) in [6.07, 6.45) is -7.40. The SMILES string of the molecule is COCc1cc(C(=O)NCC(O)C(F)(F)F)no1. The molecule has 0 bridgehead atoms. The Hall–Kier alpha value is -1.61. The van der Waals surface area contributed by atoms with E-state index in [2.05, 4.69) is 9.68 Å². The van der Waals surface area contributed by atoms with Gasteiger partial charge in [-0.25, -0.2) is 0 Å². The standard InChI is InChI=1S/C9H11F3N2O4/c1-17-4-5-2-6(14-18-5)8(16)13-3-7(15)9(10,11)12/h2,7,15H,3-4H2,1H3,(H,13,16). The van der Waals surface area contributed by atoms with Crippen LogP contribution in [0.1, 0.15) is 16.2 Å². The minimum atomic E-state index is -4.78. The summed E-state index contributed by atoms with van der Waals surface area (Å²) >= 11 is 0. The molecular weight excluding hydrogens is 257 g/mol. The monoisotopic (exact) mass is 268 g/mol. The van der Waals surface area contributed by atoms with Crippen molar-refractivity contribution in [2.45, 2.75) is 18.9 Å². The first kappa shape index (κ1) is 14.5. The van der Waals surface area contributed by atoms with E-state index in [-0.39, 0.29) is 18.1 Å². The van der Waals surface area contributed by atoms with Gasteiger partial charge in [0.05, 0.1) is 6.54 Å². The van der Waals surface area contributed by atoms with Gasteiger partial charge in [-0.05, 0) is 0 Å². The molecule has 0 aromatic carbocycles. The van der Waals surface area contributed by atoms with E-state index in [1.54, 1.807) is 0 Å². The summed E-state index contributed by atoms with van der Waals surface area (Å²) in [5.74, 6) is -0.608. The van der Waals surface area contributed by atoms with Crippen molar-refractivity contribution in [3.8, 4) is 0 Å². The van der Waals surface area contributed by atoms with Crippen LogP contribution in [-0.4, -0.2) is 42.1 Å². The fourth-order valence-electron chi connectivity index (χ4n) is 1.03. The maximum atomic E-state index is 12.0. The number of rotatable bonds is 5. The van der Waals surface area contributed by atoms with Gasteiger partial charge in [0.15, 0.2) is 17.6 Å². The van der Waals surface area contributed by atoms with E-state index < -0.39 is 24.7 Å². The molecule has 6 nitrogen and oxygen atoms in total. The lowest BCUT2D eigenvalue weighted by molar-refractivity contribution is -0.201. The van der Waals surface area contributed by atoms with Crippen molar-refractivity contribution >= 4 is 5.91 Å². The van der Waals surface area contributed by atoms with Gasteiger partial charge < -0.3 is 19.7 Å². The first-order valence-electron chi connectivity index (χ1n) is 4.82. The number of halogens is 3. The Morgan fingerprint density at radius 2 is 2.33 bits per heavy atom. The topological polar surface area (TPSA) is 84.6 Å². The zero-order chi connectivity index (χ0) is 13.8. The maximum absolute atomic E-state index is 12.0. The highest BCUT2D eigenvalue weighted by Gasteiger charge is 2.38. The van der Waals surface area contributed by atoms with Gasteiger partial charge in [0.1, 0.15) is 6.61 Å². The van der Waals surface area contributed by atoms with E-state index >= 15 is 0 Å². The molecule has 0 fully saturated rings. The van der Waals surface area contributed by atoms with Gasteiger partial charge in [0, 0.05) is 13.2 Å². The average molecular weight is 268 g/mol. The van der Waals surface area contributed by atoms with Gasteiger partial charge in [0.25, 0.3) is 5.91 Å². The smallest absolute Gasteiger partial charge is 0.382 e. The molecule has 0 radical (unpaired) electrons. The number of methoxy groups -OCH3 is 1. The van der Waals surface area contributed by atoms with Crippen molar-refractivity contribution in [1.29, 1.82) is 0 Å². The fourth-order valence-corrected chi connectivity index (χ4v) is 1.03. The minimum absolute atomic E-state index is 0.0887. The maximum Gasteiger partial charge on any atom is 0.416 e. The number of nitrogens with one attached hydrogen (secondary N) is 1. The van der Waals surface area contributed by atoms with Crippen molar-refractivity contribution in [3.63, 3.8) is 0 Å². The van der Waals surface area contributed by atoms with Crippen LogP contribution >= 0.6 is 0 Å². The van der Waals surface area contributed by atoms with Crippen LogP contribution in [0.4, 0.5) is 13.2 Å². The Balaban J connectivity index is 2.50. The Morgan fingerprint density at radius 3 is 2.89 bits per heavy atom. The van der Waals surface area contributed by atoms with Crippen LogP contribution in [0.2, 0.25) is 0 Å². The van der Waals surface area contributed by atoms with Crippen LogP contribution in [0, 0.1) is 0 Å². The van der Waals surface area contributed by atoms with Crippen molar-refractivity contribution in [1.82, 2.24) is 10.5 Å². The number of nitrogens with zero attached hydrogens (tertiary/aromatic N) is 1. The highest BCUT2D eigenvalue weighted by molar-refractivity contribution is 5.92. The summed E-state index contributed by atoms with van der Waals surface area (Å²) in [7, 11) is 1.40. The molecule has 1 aromatic rings. The normalized spacial score (nSPS) is 13.4. The highest BCUT2D eigenvalue weighted by Crippen LogP contribution is 2.19. The number of hydrogen-bond donors (Lipinski definition) is 2. The number of aromatic nitrogens is 1. The summed E-state index contributed by atoms with van der Waals surface area (Å²) in [6, 6.07) is 1.23. The second-order valence-electron chi connectivity index (χ2n) is 3.38. The number of hydrogen-bond acceptors (Lipinski definition) is 5. The largest absolute Gasteiger partial charge is 0.416 e. The molecule has 1 aromatic heterocycles. The van der Waals surface area contributed by atoms with E-state index in [1.165, 1.54) is 13.2 Å². The first-order valence-corrected chi connectivity index (χ1v) is 4.82. The minimum Gasteiger partial charge on any atom is -0.382 e. The Morgan fingerprint density at radius 1 is 1.67 bits per heavy atom. The van der Waals surface area contributed by atoms with Crippen molar-refractivity contribution in [3.05, 3.63) is 17.5 Å². The van der Waals surface area contributed by atoms with Gasteiger partial charge in [-0.2, -0.15) is 13.2 Å². The van der Waals surface area contributed by atoms with Gasteiger partial charge in [-0.3, -0.25) is 4.79 Å². The quantitative estimate of drug-likeness (QED) is 0.811. The summed E-state index contributed by atoms with van der Waals surface area (Å²) in [4.78, 5) is 11.3. The number of ether oxygens (including phenoxy) is 1. The van der Waals surface area contributed by atoms with Crippen LogP contribution in [0.5, 0.6) is 0 Å². The third-order valence-corrected chi connectivity index (χ3v) is 1.91. The lowest BCUT2D eigenvalue weighted by Gasteiger charge is -2.14. The molecule has 0 aliphatic heterocycles. The molecule has 0 aliphatic rings. The van der Waals surface area contributed by atoms with Gasteiger partial charge in [-0.1, -0.05) is 5.16 Å². The van der Waals surface area contributed by atoms with Crippen LogP contribution in [0.25, 0.3) is 0 Å². The second kappa shape index (κ2) is 5.83. The molecule has 0 aliphatic carbocycles. The number of aliphatic hydroxyl groups excluding tert-OH is 1. The van der Waals surface area contributed by atoms with E-state index in [0.29, 0.717) is 0 Å². The Labute approximate surface area is 99.7 Å². The second-order valence-corrected chi connectivity index (χ2v) is 3.38. The predicted octanol–water partition coefficient (Wildman–Crippen LogP) is 0.474. The molecule has 1 rings (SSSR count). The van der Waals surface area contributed by atoms with Crippen LogP contribution in [0.3, 0.4) is 0 Å². The highest BCUT2D eigenvalue weighted by atomic mass is 19.4. The van der Waals surface area contributed by atoms with Crippen molar-refractivity contribution in [2.24, 2.45) is 0 Å². The Kier molecular flexibility index (Phi) is 4.68. The third-order valence-electron chi connectivity index (χ3n) is 1.91. The molecule has 0 saturated carbocycles. The molecule has 2 N–H and O–H groups in total. The molecule has 1 heterocycles. The van der Waals surface area contributed by atoms with Crippen LogP contribution < -0.4 is 5.32 Å². The average Bonchev–Trinajstić information content (AvgIpc) is 2.73. The number of aliphatic hydroxyl groups is 1. The number of carbonyl (C=O) groups is 1. The Bertz CT molecular complexity index is 405. The summed E-state index contributed by atoms with van der Waals surface area (Å²) in [6.45, 7) is -0.861. The molecule has 18 heavy (non-hydrogen) atoms. The number of amides is 1. The lowest BCUT2D eigenvalue weighted by Crippen LogP contribution is -2.40. The molecule has 1 unspecified atom stereocenters. The van der Waals surface area contributed by atoms with Gasteiger partial charge in [0.2, 0.25) is 0 Å². The van der Waals surface area contributed by atoms with E-state index in [4.69, 9.17) is 9.84 Å². The van der Waals surface area contributed by atoms with Crippen molar-refractivity contribution < 1.29 is 32.3 Å². The van der Waals surface area contributed by atoms with E-state index in [1.807, 2.05) is 5.32 Å². The van der Waals surface area contributed by atoms with E-state index in [0.717, 1.165) is 0 Å². The summed E-state index contributed by atoms with van der Waals surface area (Å²) in [5.41, 5.74) is -0.184. The van der Waals surface area contributed by atoms with Gasteiger partial charge >= 0.3 is 6.18 Å². The molecule has 1 amide bonds. The molecule has 0 saturated heterocycles. The lowest BCUT2D eigenvalue weighted by atomic mass is 10.3. The summed E-state index contributed by atoms with van der Waals surface area (Å²) < 4.78 is 45.3. The molecule has 102 valence electrons. The zero-order valence-corrected chi connectivity index (χ0v) is 9.32. The fraction of sp³-hybridized carbons (Fsp3) is 0.556. The van der Waals surface area contributed by atoms with Gasteiger partial charge in [-0.15, -0.1) is 0 Å². The van der Waals surface area contributed by atoms with Crippen LogP contribution in [-0.2, 0) is 11.3 Å². The molecule has 0 spiro atoms.